The van der Waals surface area contributed by atoms with Gasteiger partial charge in [-0.15, -0.1) is 0 Å². The van der Waals surface area contributed by atoms with Gasteiger partial charge in [0.1, 0.15) is 0 Å². The van der Waals surface area contributed by atoms with Crippen LogP contribution in [-0.4, -0.2) is 51.8 Å². The zero-order valence-corrected chi connectivity index (χ0v) is 13.9. The van der Waals surface area contributed by atoms with E-state index < -0.39 is 74.4 Å². The molecule has 19 heteroatoms. The minimum atomic E-state index is -8.67. The van der Waals surface area contributed by atoms with Crippen molar-refractivity contribution in [3.8, 4) is 0 Å². The molecule has 0 spiro atoms. The first-order valence-corrected chi connectivity index (χ1v) is 6.77. The van der Waals surface area contributed by atoms with Crippen LogP contribution in [0.15, 0.2) is 0 Å². The molecule has 0 aliphatic carbocycles. The van der Waals surface area contributed by atoms with Gasteiger partial charge in [-0.3, -0.25) is 0 Å². The van der Waals surface area contributed by atoms with Crippen LogP contribution in [-0.2, 0) is 0 Å². The first kappa shape index (κ1) is 27.5. The van der Waals surface area contributed by atoms with Crippen molar-refractivity contribution in [2.75, 3.05) is 0 Å². The van der Waals surface area contributed by atoms with E-state index >= 15 is 0 Å². The monoisotopic (exact) mass is 578 g/mol. The second-order valence-corrected chi connectivity index (χ2v) is 6.22. The Morgan fingerprint density at radius 2 is 0.607 bits per heavy atom. The number of rotatable bonds is 8. The van der Waals surface area contributed by atoms with E-state index in [4.69, 9.17) is 0 Å². The van der Waals surface area contributed by atoms with Gasteiger partial charge in [0.25, 0.3) is 0 Å². The molecule has 0 bridgehead atoms. The zero-order valence-electron chi connectivity index (χ0n) is 11.8. The summed E-state index contributed by atoms with van der Waals surface area (Å²) in [7, 11) is 0. The normalized spacial score (nSPS) is 16.7. The van der Waals surface area contributed by atoms with Gasteiger partial charge < -0.3 is 0 Å². The second kappa shape index (κ2) is 6.74. The Hall–Kier alpha value is -0.530. The Balaban J connectivity index is 6.72. The van der Waals surface area contributed by atoms with Crippen LogP contribution in [0.25, 0.3) is 0 Å². The summed E-state index contributed by atoms with van der Waals surface area (Å²) < 4.78 is 222. The van der Waals surface area contributed by atoms with E-state index in [1.807, 2.05) is 0 Å². The third-order valence-corrected chi connectivity index (χ3v) is 3.70. The predicted octanol–water partition coefficient (Wildman–Crippen LogP) is 6.73. The molecular weight excluding hydrogens is 577 g/mol. The fourth-order valence-corrected chi connectivity index (χ4v) is 1.65. The molecule has 28 heavy (non-hydrogen) atoms. The molecule has 0 radical (unpaired) electrons. The molecule has 0 atom stereocenters. The fourth-order valence-electron chi connectivity index (χ4n) is 1.31. The van der Waals surface area contributed by atoms with E-state index in [0.717, 1.165) is 0 Å². The van der Waals surface area contributed by atoms with Gasteiger partial charge in [0.15, 0.2) is 0 Å². The highest BCUT2D eigenvalue weighted by molar-refractivity contribution is 14.1. The van der Waals surface area contributed by atoms with Crippen LogP contribution in [0.1, 0.15) is 0 Å². The van der Waals surface area contributed by atoms with Crippen molar-refractivity contribution in [1.82, 2.24) is 0 Å². The third-order valence-electron chi connectivity index (χ3n) is 3.02. The van der Waals surface area contributed by atoms with Crippen molar-refractivity contribution >= 4 is 22.6 Å². The van der Waals surface area contributed by atoms with E-state index in [1.54, 1.807) is 0 Å². The Kier molecular flexibility index (Phi) is 6.61. The van der Waals surface area contributed by atoms with Crippen molar-refractivity contribution in [2.45, 2.75) is 51.8 Å². The van der Waals surface area contributed by atoms with E-state index in [1.165, 1.54) is 0 Å². The minimum absolute atomic E-state index is 1.02. The summed E-state index contributed by atoms with van der Waals surface area (Å²) >= 11 is -1.02. The molecule has 0 amide bonds. The topological polar surface area (TPSA) is 0 Å². The van der Waals surface area contributed by atoms with Crippen molar-refractivity contribution in [2.24, 2.45) is 0 Å². The minimum Gasteiger partial charge on any atom is -0.203 e. The molecular formula is C9HF18I. The predicted molar refractivity (Wildman–Crippen MR) is 59.6 cm³/mol. The lowest BCUT2D eigenvalue weighted by atomic mass is 9.89. The molecule has 0 rings (SSSR count). The summed E-state index contributed by atoms with van der Waals surface area (Å²) in [6.07, 6.45) is -5.96. The van der Waals surface area contributed by atoms with Gasteiger partial charge >= 0.3 is 51.8 Å². The maximum Gasteiger partial charge on any atom is 0.387 e. The molecule has 0 aromatic heterocycles. The van der Waals surface area contributed by atoms with Crippen LogP contribution in [0.5, 0.6) is 0 Å². The average molecular weight is 578 g/mol. The molecule has 0 nitrogen and oxygen atoms in total. The number of hydrogen-bond donors (Lipinski definition) is 0. The van der Waals surface area contributed by atoms with Crippen molar-refractivity contribution < 1.29 is 79.0 Å². The maximum absolute atomic E-state index is 13.1. The maximum atomic E-state index is 13.1. The zero-order chi connectivity index (χ0) is 23.6. The Morgan fingerprint density at radius 3 is 0.821 bits per heavy atom. The highest BCUT2D eigenvalue weighted by atomic mass is 127. The van der Waals surface area contributed by atoms with Crippen LogP contribution < -0.4 is 0 Å². The standard InChI is InChI=1S/C9HF18I/c10-1(11)2(12,13)3(14,15)4(16,17)5(18,19)6(20,21)7(22,23)8(24,25)9(26,27)28/h1H. The molecule has 0 aromatic carbocycles. The fraction of sp³-hybridized carbons (Fsp3) is 1.00. The molecule has 0 aromatic rings. The molecule has 0 heterocycles. The van der Waals surface area contributed by atoms with Crippen LogP contribution >= 0.6 is 22.6 Å². The smallest absolute Gasteiger partial charge is 0.203 e. The van der Waals surface area contributed by atoms with E-state index in [-0.39, 0.29) is 0 Å². The molecule has 0 unspecified atom stereocenters. The summed E-state index contributed by atoms with van der Waals surface area (Å²) in [5.74, 6) is -57.5. The lowest BCUT2D eigenvalue weighted by molar-refractivity contribution is -0.452. The first-order valence-electron chi connectivity index (χ1n) is 5.69. The van der Waals surface area contributed by atoms with Crippen LogP contribution in [0, 0.1) is 0 Å². The van der Waals surface area contributed by atoms with Crippen molar-refractivity contribution in [1.29, 1.82) is 0 Å². The second-order valence-electron chi connectivity index (χ2n) is 4.87. The largest absolute Gasteiger partial charge is 0.387 e. The first-order chi connectivity index (χ1) is 11.7. The van der Waals surface area contributed by atoms with Gasteiger partial charge in [0.05, 0.1) is 0 Å². The SMILES string of the molecule is FC(F)C(F)(F)C(F)(F)C(F)(F)C(F)(F)C(F)(F)C(F)(F)C(F)(F)C(F)(F)I. The summed E-state index contributed by atoms with van der Waals surface area (Å²) in [4.78, 5) is 0. The molecule has 0 saturated heterocycles. The highest BCUT2D eigenvalue weighted by Crippen LogP contribution is 2.64. The lowest BCUT2D eigenvalue weighted by Crippen LogP contribution is -2.74. The van der Waals surface area contributed by atoms with Gasteiger partial charge in [-0.2, -0.15) is 70.2 Å². The average Bonchev–Trinajstić information content (AvgIpc) is 2.44. The molecule has 0 aliphatic rings. The highest BCUT2D eigenvalue weighted by Gasteiger charge is 2.95. The summed E-state index contributed by atoms with van der Waals surface area (Å²) in [5.41, 5.74) is 0. The third kappa shape index (κ3) is 3.25. The van der Waals surface area contributed by atoms with Gasteiger partial charge in [-0.25, -0.2) is 8.78 Å². The molecule has 0 aliphatic heterocycles. The Morgan fingerprint density at radius 1 is 0.393 bits per heavy atom. The van der Waals surface area contributed by atoms with Gasteiger partial charge in [-0.1, -0.05) is 0 Å². The lowest BCUT2D eigenvalue weighted by Gasteiger charge is -2.43. The summed E-state index contributed by atoms with van der Waals surface area (Å²) in [5, 5.41) is 0. The molecule has 0 fully saturated rings. The molecule has 0 saturated carbocycles. The van der Waals surface area contributed by atoms with E-state index in [2.05, 4.69) is 0 Å². The van der Waals surface area contributed by atoms with Gasteiger partial charge in [0, 0.05) is 22.6 Å². The number of hydrogen-bond acceptors (Lipinski definition) is 0. The van der Waals surface area contributed by atoms with Gasteiger partial charge in [-0.05, 0) is 0 Å². The molecule has 0 N–H and O–H groups in total. The Bertz CT molecular complexity index is 570. The molecule has 170 valence electrons. The summed E-state index contributed by atoms with van der Waals surface area (Å²) in [6.45, 7) is 0. The number of halogens is 19. The summed E-state index contributed by atoms with van der Waals surface area (Å²) in [6, 6.07) is 0. The quantitative estimate of drug-likeness (QED) is 0.171. The van der Waals surface area contributed by atoms with Gasteiger partial charge in [0.2, 0.25) is 0 Å². The van der Waals surface area contributed by atoms with Crippen LogP contribution in [0.4, 0.5) is 79.0 Å². The van der Waals surface area contributed by atoms with Crippen molar-refractivity contribution in [3.05, 3.63) is 0 Å². The van der Waals surface area contributed by atoms with E-state index in [0.29, 0.717) is 0 Å². The van der Waals surface area contributed by atoms with Crippen LogP contribution in [0.2, 0.25) is 0 Å². The van der Waals surface area contributed by atoms with E-state index in [9.17, 15) is 79.0 Å². The Labute approximate surface area is 154 Å². The number of alkyl halides is 19. The van der Waals surface area contributed by atoms with Crippen molar-refractivity contribution in [3.63, 3.8) is 0 Å². The van der Waals surface area contributed by atoms with Crippen LogP contribution in [0.3, 0.4) is 0 Å².